The molecule has 0 spiro atoms. The number of alkyl halides is 6. The lowest BCUT2D eigenvalue weighted by Crippen LogP contribution is -2.50. The summed E-state index contributed by atoms with van der Waals surface area (Å²) in [5.41, 5.74) is -2.84. The van der Waals surface area contributed by atoms with Crippen LogP contribution < -0.4 is 10.2 Å². The molecule has 2 heterocycles. The first kappa shape index (κ1) is 27.9. The molecule has 2 aromatic carbocycles. The predicted molar refractivity (Wildman–Crippen MR) is 128 cm³/mol. The number of nitrogens with zero attached hydrogens (tertiary/aromatic N) is 1. The molecule has 1 N–H and O–H groups in total. The highest BCUT2D eigenvalue weighted by molar-refractivity contribution is 6.08. The summed E-state index contributed by atoms with van der Waals surface area (Å²) in [6.07, 6.45) is -9.28. The molecule has 4 rings (SSSR count). The van der Waals surface area contributed by atoms with Crippen molar-refractivity contribution in [3.63, 3.8) is 0 Å². The Morgan fingerprint density at radius 3 is 2.00 bits per heavy atom. The molecule has 0 bridgehead atoms. The Hall–Kier alpha value is -3.08. The molecule has 0 aromatic heterocycles. The third kappa shape index (κ3) is 5.00. The molecule has 0 aliphatic carbocycles. The Balaban J connectivity index is 1.79. The van der Waals surface area contributed by atoms with Crippen LogP contribution in [0, 0.1) is 31.1 Å². The maximum absolute atomic E-state index is 14.0. The highest BCUT2D eigenvalue weighted by Gasteiger charge is 2.59. The van der Waals surface area contributed by atoms with Gasteiger partial charge in [-0.25, -0.2) is 0 Å². The van der Waals surface area contributed by atoms with Crippen molar-refractivity contribution in [3.8, 4) is 0 Å². The second-order valence-electron chi connectivity index (χ2n) is 10.1. The van der Waals surface area contributed by atoms with Crippen LogP contribution in [-0.2, 0) is 26.7 Å². The van der Waals surface area contributed by atoms with E-state index in [1.54, 1.807) is 6.92 Å². The first-order valence-corrected chi connectivity index (χ1v) is 12.2. The van der Waals surface area contributed by atoms with Gasteiger partial charge in [0.15, 0.2) is 0 Å². The fourth-order valence-corrected chi connectivity index (χ4v) is 5.77. The van der Waals surface area contributed by atoms with Gasteiger partial charge < -0.3 is 15.0 Å². The minimum Gasteiger partial charge on any atom is -0.381 e. The molecule has 2 aliphatic heterocycles. The Morgan fingerprint density at radius 1 is 0.974 bits per heavy atom. The second-order valence-corrected chi connectivity index (χ2v) is 10.1. The number of carbonyl (C=O) groups excluding carboxylic acids is 2. The number of halogens is 6. The molecule has 11 heteroatoms. The molecule has 2 aromatic rings. The molecular weight excluding hydrogens is 514 g/mol. The van der Waals surface area contributed by atoms with Crippen LogP contribution in [0.2, 0.25) is 0 Å². The van der Waals surface area contributed by atoms with Crippen LogP contribution in [0.4, 0.5) is 37.7 Å². The Morgan fingerprint density at radius 2 is 1.50 bits per heavy atom. The number of ether oxygens (including phenoxy) is 1. The van der Waals surface area contributed by atoms with E-state index in [0.29, 0.717) is 43.9 Å². The van der Waals surface area contributed by atoms with Gasteiger partial charge in [0, 0.05) is 31.1 Å². The average Bonchev–Trinajstić information content (AvgIpc) is 3.10. The van der Waals surface area contributed by atoms with E-state index in [9.17, 15) is 35.9 Å². The molecule has 2 amide bonds. The molecule has 38 heavy (non-hydrogen) atoms. The fraction of sp³-hybridized carbons (Fsp3) is 0.481. The highest BCUT2D eigenvalue weighted by atomic mass is 19.4. The van der Waals surface area contributed by atoms with E-state index in [1.807, 2.05) is 32.0 Å². The van der Waals surface area contributed by atoms with Crippen molar-refractivity contribution in [1.82, 2.24) is 0 Å². The van der Waals surface area contributed by atoms with Gasteiger partial charge in [-0.3, -0.25) is 9.59 Å². The molecule has 2 aliphatic rings. The van der Waals surface area contributed by atoms with E-state index in [2.05, 4.69) is 5.32 Å². The molecular formula is C27H28F6N2O3. The Bertz CT molecular complexity index is 1180. The van der Waals surface area contributed by atoms with Crippen LogP contribution in [0.15, 0.2) is 36.4 Å². The van der Waals surface area contributed by atoms with Crippen molar-refractivity contribution < 1.29 is 40.7 Å². The molecule has 206 valence electrons. The molecule has 0 radical (unpaired) electrons. The van der Waals surface area contributed by atoms with Crippen LogP contribution in [0.1, 0.15) is 42.0 Å². The second kappa shape index (κ2) is 9.91. The minimum atomic E-state index is -5.06. The lowest BCUT2D eigenvalue weighted by atomic mass is 9.65. The predicted octanol–water partition coefficient (Wildman–Crippen LogP) is 6.38. The number of rotatable bonds is 4. The zero-order valence-corrected chi connectivity index (χ0v) is 21.1. The molecule has 0 unspecified atom stereocenters. The van der Waals surface area contributed by atoms with Gasteiger partial charge in [0.25, 0.3) is 0 Å². The van der Waals surface area contributed by atoms with E-state index in [0.717, 1.165) is 11.1 Å². The van der Waals surface area contributed by atoms with E-state index < -0.39 is 46.4 Å². The van der Waals surface area contributed by atoms with Gasteiger partial charge in [-0.2, -0.15) is 26.3 Å². The first-order chi connectivity index (χ1) is 17.7. The standard InChI is InChI=1S/C27H28F6N2O3/c1-15-5-4-6-16(2)22(15)35-14-25(17(3)23(35)36,18-7-9-38-10-8-18)24(37)34-21-12-19(26(28,29)30)11-20(13-21)27(31,32)33/h4-6,11-13,17-18H,7-10,14H2,1-3H3,(H,34,37)/t17-,25-/m1/s1. The number of nitrogens with one attached hydrogen (secondary N) is 1. The number of hydrogen-bond acceptors (Lipinski definition) is 3. The summed E-state index contributed by atoms with van der Waals surface area (Å²) in [5, 5.41) is 2.34. The summed E-state index contributed by atoms with van der Waals surface area (Å²) in [5.74, 6) is -2.37. The molecule has 2 fully saturated rings. The number of aryl methyl sites for hydroxylation is 2. The number of amides is 2. The normalized spacial score (nSPS) is 23.1. The monoisotopic (exact) mass is 542 g/mol. The molecule has 2 atom stereocenters. The van der Waals surface area contributed by atoms with Gasteiger partial charge in [-0.05, 0) is 61.9 Å². The van der Waals surface area contributed by atoms with Crippen molar-refractivity contribution in [2.24, 2.45) is 17.3 Å². The minimum absolute atomic E-state index is 0.00824. The topological polar surface area (TPSA) is 58.6 Å². The fourth-order valence-electron chi connectivity index (χ4n) is 5.77. The zero-order chi connectivity index (χ0) is 28.0. The SMILES string of the molecule is Cc1cccc(C)c1N1C[C@](C(=O)Nc2cc(C(F)(F)F)cc(C(F)(F)F)c2)(C2CCOCC2)[C@H](C)C1=O. The van der Waals surface area contributed by atoms with Crippen molar-refractivity contribution in [2.45, 2.75) is 46.0 Å². The lowest BCUT2D eigenvalue weighted by molar-refractivity contribution is -0.143. The van der Waals surface area contributed by atoms with E-state index >= 15 is 0 Å². The van der Waals surface area contributed by atoms with Gasteiger partial charge in [-0.1, -0.05) is 25.1 Å². The van der Waals surface area contributed by atoms with Crippen molar-refractivity contribution in [3.05, 3.63) is 58.7 Å². The smallest absolute Gasteiger partial charge is 0.381 e. The molecule has 5 nitrogen and oxygen atoms in total. The number of hydrogen-bond donors (Lipinski definition) is 1. The van der Waals surface area contributed by atoms with Gasteiger partial charge in [0.2, 0.25) is 11.8 Å². The summed E-state index contributed by atoms with van der Waals surface area (Å²) in [4.78, 5) is 29.1. The number of benzene rings is 2. The number of carbonyl (C=O) groups is 2. The van der Waals surface area contributed by atoms with E-state index in [4.69, 9.17) is 4.74 Å². The Kier molecular flexibility index (Phi) is 7.28. The van der Waals surface area contributed by atoms with Crippen LogP contribution in [-0.4, -0.2) is 31.6 Å². The molecule has 0 saturated carbocycles. The number of para-hydroxylation sites is 1. The van der Waals surface area contributed by atoms with Crippen LogP contribution in [0.3, 0.4) is 0 Å². The summed E-state index contributed by atoms with van der Waals surface area (Å²) in [6, 6.07) is 6.47. The van der Waals surface area contributed by atoms with Crippen LogP contribution >= 0.6 is 0 Å². The van der Waals surface area contributed by atoms with Gasteiger partial charge in [0.05, 0.1) is 22.5 Å². The third-order valence-electron chi connectivity index (χ3n) is 7.76. The van der Waals surface area contributed by atoms with Crippen molar-refractivity contribution in [2.75, 3.05) is 30.0 Å². The maximum Gasteiger partial charge on any atom is 0.416 e. The van der Waals surface area contributed by atoms with Crippen LogP contribution in [0.5, 0.6) is 0 Å². The Labute approximate surface area is 216 Å². The summed E-state index contributed by atoms with van der Waals surface area (Å²) >= 11 is 0. The highest BCUT2D eigenvalue weighted by Crippen LogP contribution is 2.50. The average molecular weight is 543 g/mol. The lowest BCUT2D eigenvalue weighted by Gasteiger charge is -2.40. The quantitative estimate of drug-likeness (QED) is 0.457. The first-order valence-electron chi connectivity index (χ1n) is 12.2. The van der Waals surface area contributed by atoms with Gasteiger partial charge >= 0.3 is 12.4 Å². The van der Waals surface area contributed by atoms with Gasteiger partial charge in [0.1, 0.15) is 0 Å². The summed E-state index contributed by atoms with van der Waals surface area (Å²) in [6.45, 7) is 5.85. The number of anilines is 2. The largest absolute Gasteiger partial charge is 0.416 e. The zero-order valence-electron chi connectivity index (χ0n) is 21.1. The van der Waals surface area contributed by atoms with Crippen LogP contribution in [0.25, 0.3) is 0 Å². The summed E-state index contributed by atoms with van der Waals surface area (Å²) in [7, 11) is 0. The van der Waals surface area contributed by atoms with E-state index in [1.165, 1.54) is 4.90 Å². The van der Waals surface area contributed by atoms with Crippen molar-refractivity contribution >= 4 is 23.2 Å². The van der Waals surface area contributed by atoms with E-state index in [-0.39, 0.29) is 24.4 Å². The van der Waals surface area contributed by atoms with Crippen molar-refractivity contribution in [1.29, 1.82) is 0 Å². The molecule has 2 saturated heterocycles. The summed E-state index contributed by atoms with van der Waals surface area (Å²) < 4.78 is 86.0. The van der Waals surface area contributed by atoms with Gasteiger partial charge in [-0.15, -0.1) is 0 Å². The third-order valence-corrected chi connectivity index (χ3v) is 7.76. The maximum atomic E-state index is 14.0.